The summed E-state index contributed by atoms with van der Waals surface area (Å²) < 4.78 is 74.6. The second-order valence-electron chi connectivity index (χ2n) is 4.92. The molecule has 2 rings (SSSR count). The van der Waals surface area contributed by atoms with E-state index in [0.29, 0.717) is 19.0 Å². The van der Waals surface area contributed by atoms with Crippen molar-refractivity contribution >= 4 is 15.9 Å². The largest absolute Gasteiger partial charge is 0.489 e. The monoisotopic (exact) mass is 374 g/mol. The van der Waals surface area contributed by atoms with Gasteiger partial charge in [0.1, 0.15) is 4.83 Å². The van der Waals surface area contributed by atoms with Gasteiger partial charge in [0.2, 0.25) is 0 Å². The van der Waals surface area contributed by atoms with Crippen molar-refractivity contribution in [3.63, 3.8) is 0 Å². The molecule has 2 nitrogen and oxygen atoms in total. The van der Waals surface area contributed by atoms with Gasteiger partial charge < -0.3 is 9.47 Å². The van der Waals surface area contributed by atoms with Crippen molar-refractivity contribution in [3.8, 4) is 11.5 Å². The third kappa shape index (κ3) is 3.25. The highest BCUT2D eigenvalue weighted by molar-refractivity contribution is 9.09. The molecule has 0 spiro atoms. The second-order valence-corrected chi connectivity index (χ2v) is 5.83. The molecule has 0 N–H and O–H groups in total. The average molecular weight is 375 g/mol. The van der Waals surface area contributed by atoms with Gasteiger partial charge in [-0.25, -0.2) is 0 Å². The number of fused-ring (bicyclic) bond motifs is 1. The molecule has 0 saturated heterocycles. The molecule has 118 valence electrons. The van der Waals surface area contributed by atoms with Crippen LogP contribution in [0.3, 0.4) is 0 Å². The van der Waals surface area contributed by atoms with Crippen molar-refractivity contribution in [1.29, 1.82) is 0 Å². The first kappa shape index (κ1) is 16.3. The van der Waals surface area contributed by atoms with Gasteiger partial charge in [0.25, 0.3) is 0 Å². The van der Waals surface area contributed by atoms with Crippen LogP contribution in [-0.2, 0) is 0 Å². The lowest BCUT2D eigenvalue weighted by molar-refractivity contribution is -0.281. The fraction of sp³-hybridized carbons (Fsp3) is 0.538. The summed E-state index contributed by atoms with van der Waals surface area (Å²) in [6, 6.07) is 3.65. The first-order valence-electron chi connectivity index (χ1n) is 6.11. The highest BCUT2D eigenvalue weighted by atomic mass is 79.9. The summed E-state index contributed by atoms with van der Waals surface area (Å²) >= 11 is 2.44. The lowest BCUT2D eigenvalue weighted by Gasteiger charge is -2.25. The third-order valence-electron chi connectivity index (χ3n) is 3.00. The number of alkyl halides is 6. The SMILES string of the molecule is CC1COc2ccc(C(Br)C(F)(F)C(F)(F)F)cc2OC1. The zero-order chi connectivity index (χ0) is 15.8. The van der Waals surface area contributed by atoms with Gasteiger partial charge >= 0.3 is 12.1 Å². The van der Waals surface area contributed by atoms with E-state index in [4.69, 9.17) is 9.47 Å². The topological polar surface area (TPSA) is 18.5 Å². The van der Waals surface area contributed by atoms with E-state index in [2.05, 4.69) is 15.9 Å². The smallest absolute Gasteiger partial charge is 0.454 e. The molecular weight excluding hydrogens is 363 g/mol. The van der Waals surface area contributed by atoms with Crippen LogP contribution in [0.4, 0.5) is 22.0 Å². The standard InChI is InChI=1S/C13H12BrF5O2/c1-7-5-20-9-3-2-8(4-10(9)21-6-7)11(14)12(15,16)13(17,18)19/h2-4,7,11H,5-6H2,1H3. The van der Waals surface area contributed by atoms with Crippen molar-refractivity contribution in [1.82, 2.24) is 0 Å². The average Bonchev–Trinajstić information content (AvgIpc) is 2.58. The molecule has 2 unspecified atom stereocenters. The lowest BCUT2D eigenvalue weighted by atomic mass is 10.1. The normalized spacial score (nSPS) is 20.8. The zero-order valence-corrected chi connectivity index (χ0v) is 12.5. The van der Waals surface area contributed by atoms with Crippen LogP contribution in [0.1, 0.15) is 17.3 Å². The highest BCUT2D eigenvalue weighted by Gasteiger charge is 2.62. The lowest BCUT2D eigenvalue weighted by Crippen LogP contribution is -2.39. The Hall–Kier alpha value is -1.05. The van der Waals surface area contributed by atoms with Crippen LogP contribution in [-0.4, -0.2) is 25.3 Å². The van der Waals surface area contributed by atoms with Crippen molar-refractivity contribution in [3.05, 3.63) is 23.8 Å². The molecule has 0 aromatic heterocycles. The van der Waals surface area contributed by atoms with E-state index in [9.17, 15) is 22.0 Å². The van der Waals surface area contributed by atoms with E-state index in [0.717, 1.165) is 12.1 Å². The van der Waals surface area contributed by atoms with Crippen molar-refractivity contribution in [2.75, 3.05) is 13.2 Å². The first-order chi connectivity index (χ1) is 9.63. The summed E-state index contributed by atoms with van der Waals surface area (Å²) in [5, 5.41) is 0. The second kappa shape index (κ2) is 5.62. The van der Waals surface area contributed by atoms with E-state index in [1.165, 1.54) is 6.07 Å². The highest BCUT2D eigenvalue weighted by Crippen LogP contribution is 2.50. The van der Waals surface area contributed by atoms with Gasteiger partial charge in [-0.15, -0.1) is 0 Å². The molecule has 0 bridgehead atoms. The minimum atomic E-state index is -5.64. The molecule has 0 saturated carbocycles. The Morgan fingerprint density at radius 3 is 2.24 bits per heavy atom. The molecular formula is C13H12BrF5O2. The van der Waals surface area contributed by atoms with Crippen molar-refractivity contribution in [2.45, 2.75) is 23.8 Å². The van der Waals surface area contributed by atoms with Crippen molar-refractivity contribution in [2.24, 2.45) is 5.92 Å². The molecule has 2 atom stereocenters. The Kier molecular flexibility index (Phi) is 4.37. The minimum absolute atomic E-state index is 0.0947. The van der Waals surface area contributed by atoms with Crippen LogP contribution < -0.4 is 9.47 Å². The van der Waals surface area contributed by atoms with Gasteiger partial charge in [-0.05, 0) is 17.7 Å². The van der Waals surface area contributed by atoms with Gasteiger partial charge in [0, 0.05) is 5.92 Å². The molecule has 1 aromatic rings. The van der Waals surface area contributed by atoms with E-state index in [1.54, 1.807) is 0 Å². The fourth-order valence-corrected chi connectivity index (χ4v) is 2.32. The fourth-order valence-electron chi connectivity index (χ4n) is 1.78. The van der Waals surface area contributed by atoms with Crippen molar-refractivity contribution < 1.29 is 31.4 Å². The molecule has 1 aliphatic rings. The number of benzene rings is 1. The molecule has 0 aliphatic carbocycles. The van der Waals surface area contributed by atoms with E-state index in [-0.39, 0.29) is 17.2 Å². The summed E-state index contributed by atoms with van der Waals surface area (Å²) in [5.41, 5.74) is -0.228. The van der Waals surface area contributed by atoms with E-state index in [1.807, 2.05) is 6.92 Å². The number of hydrogen-bond acceptors (Lipinski definition) is 2. The number of hydrogen-bond donors (Lipinski definition) is 0. The number of rotatable bonds is 2. The van der Waals surface area contributed by atoms with Gasteiger partial charge in [0.05, 0.1) is 13.2 Å². The Labute approximate surface area is 126 Å². The first-order valence-corrected chi connectivity index (χ1v) is 7.02. The summed E-state index contributed by atoms with van der Waals surface area (Å²) in [6.07, 6.45) is -5.64. The quantitative estimate of drug-likeness (QED) is 0.550. The molecule has 0 amide bonds. The van der Waals surface area contributed by atoms with Gasteiger partial charge in [-0.3, -0.25) is 0 Å². The third-order valence-corrected chi connectivity index (χ3v) is 4.11. The molecule has 1 aliphatic heterocycles. The van der Waals surface area contributed by atoms with Crippen LogP contribution in [0.5, 0.6) is 11.5 Å². The molecule has 1 aromatic carbocycles. The Morgan fingerprint density at radius 2 is 1.67 bits per heavy atom. The summed E-state index contributed by atoms with van der Waals surface area (Å²) in [7, 11) is 0. The van der Waals surface area contributed by atoms with E-state index < -0.39 is 16.9 Å². The Morgan fingerprint density at radius 1 is 1.10 bits per heavy atom. The molecule has 0 radical (unpaired) electrons. The van der Waals surface area contributed by atoms with Crippen LogP contribution in [0, 0.1) is 5.92 Å². The Balaban J connectivity index is 2.30. The summed E-state index contributed by atoms with van der Waals surface area (Å²) in [5.74, 6) is -4.30. The van der Waals surface area contributed by atoms with Gasteiger partial charge in [-0.2, -0.15) is 22.0 Å². The van der Waals surface area contributed by atoms with Crippen LogP contribution in [0.25, 0.3) is 0 Å². The summed E-state index contributed by atoms with van der Waals surface area (Å²) in [6.45, 7) is 2.57. The van der Waals surface area contributed by atoms with Crippen LogP contribution >= 0.6 is 15.9 Å². The van der Waals surface area contributed by atoms with E-state index >= 15 is 0 Å². The molecule has 1 heterocycles. The number of halogens is 6. The molecule has 8 heteroatoms. The van der Waals surface area contributed by atoms with Crippen LogP contribution in [0.2, 0.25) is 0 Å². The molecule has 21 heavy (non-hydrogen) atoms. The van der Waals surface area contributed by atoms with Gasteiger partial charge in [0.15, 0.2) is 11.5 Å². The zero-order valence-electron chi connectivity index (χ0n) is 10.9. The summed E-state index contributed by atoms with van der Waals surface area (Å²) in [4.78, 5) is -2.19. The number of ether oxygens (including phenoxy) is 2. The maximum absolute atomic E-state index is 13.3. The molecule has 0 fully saturated rings. The predicted molar refractivity (Wildman–Crippen MR) is 69.3 cm³/mol. The van der Waals surface area contributed by atoms with Gasteiger partial charge in [-0.1, -0.05) is 28.9 Å². The maximum atomic E-state index is 13.3. The Bertz CT molecular complexity index is 518. The minimum Gasteiger partial charge on any atom is -0.489 e. The van der Waals surface area contributed by atoms with Crippen LogP contribution in [0.15, 0.2) is 18.2 Å². The maximum Gasteiger partial charge on any atom is 0.454 e. The predicted octanol–water partition coefficient (Wildman–Crippen LogP) is 4.73.